The first-order valence-electron chi connectivity index (χ1n) is 7.00. The molecule has 1 aromatic rings. The molecule has 0 aliphatic heterocycles. The number of benzene rings is 1. The Bertz CT molecular complexity index is 539. The van der Waals surface area contributed by atoms with Gasteiger partial charge in [-0.25, -0.2) is 0 Å². The summed E-state index contributed by atoms with van der Waals surface area (Å²) in [6.07, 6.45) is 5.50. The van der Waals surface area contributed by atoms with Crippen molar-refractivity contribution in [3.63, 3.8) is 0 Å². The van der Waals surface area contributed by atoms with Crippen LogP contribution in [0.25, 0.3) is 0 Å². The van der Waals surface area contributed by atoms with E-state index in [4.69, 9.17) is 17.3 Å². The SMILES string of the molecule is NCC#Cc1cc(NC(=O)C2CCCCC2)ccc1Cl. The summed E-state index contributed by atoms with van der Waals surface area (Å²) in [5.74, 6) is 5.92. The standard InChI is InChI=1S/C16H19ClN2O/c17-15-9-8-14(11-13(15)7-4-10-18)19-16(20)12-5-2-1-3-6-12/h8-9,11-12H,1-3,5-6,10,18H2,(H,19,20). The average Bonchev–Trinajstić information content (AvgIpc) is 2.48. The molecule has 0 saturated heterocycles. The highest BCUT2D eigenvalue weighted by Gasteiger charge is 2.21. The molecule has 1 aromatic carbocycles. The molecule has 20 heavy (non-hydrogen) atoms. The topological polar surface area (TPSA) is 55.1 Å². The smallest absolute Gasteiger partial charge is 0.227 e. The molecule has 1 amide bonds. The summed E-state index contributed by atoms with van der Waals surface area (Å²) in [6, 6.07) is 5.35. The van der Waals surface area contributed by atoms with Crippen molar-refractivity contribution in [1.82, 2.24) is 0 Å². The molecule has 0 heterocycles. The Hall–Kier alpha value is -1.50. The molecule has 1 fully saturated rings. The molecule has 3 nitrogen and oxygen atoms in total. The van der Waals surface area contributed by atoms with Crippen molar-refractivity contribution in [3.8, 4) is 11.8 Å². The molecule has 1 aliphatic rings. The number of hydrogen-bond acceptors (Lipinski definition) is 2. The highest BCUT2D eigenvalue weighted by Crippen LogP contribution is 2.26. The molecule has 0 unspecified atom stereocenters. The summed E-state index contributed by atoms with van der Waals surface area (Å²) in [4.78, 5) is 12.2. The number of carbonyl (C=O) groups excluding carboxylic acids is 1. The van der Waals surface area contributed by atoms with E-state index < -0.39 is 0 Å². The fraction of sp³-hybridized carbons (Fsp3) is 0.438. The Kier molecular flexibility index (Phi) is 5.46. The first-order valence-corrected chi connectivity index (χ1v) is 7.38. The Balaban J connectivity index is 2.07. The summed E-state index contributed by atoms with van der Waals surface area (Å²) >= 11 is 6.06. The van der Waals surface area contributed by atoms with Gasteiger partial charge in [-0.05, 0) is 31.0 Å². The van der Waals surface area contributed by atoms with Crippen LogP contribution in [0.4, 0.5) is 5.69 Å². The Morgan fingerprint density at radius 1 is 1.35 bits per heavy atom. The van der Waals surface area contributed by atoms with E-state index in [1.165, 1.54) is 6.42 Å². The maximum Gasteiger partial charge on any atom is 0.227 e. The van der Waals surface area contributed by atoms with Crippen LogP contribution in [0.2, 0.25) is 5.02 Å². The first-order chi connectivity index (χ1) is 9.70. The summed E-state index contributed by atoms with van der Waals surface area (Å²) in [5, 5.41) is 3.53. The van der Waals surface area contributed by atoms with Gasteiger partial charge < -0.3 is 11.1 Å². The lowest BCUT2D eigenvalue weighted by atomic mass is 9.88. The van der Waals surface area contributed by atoms with E-state index in [0.29, 0.717) is 10.6 Å². The quantitative estimate of drug-likeness (QED) is 0.822. The third kappa shape index (κ3) is 4.00. The third-order valence-electron chi connectivity index (χ3n) is 3.53. The van der Waals surface area contributed by atoms with Crippen molar-refractivity contribution < 1.29 is 4.79 Å². The maximum atomic E-state index is 12.2. The molecule has 2 rings (SSSR count). The van der Waals surface area contributed by atoms with Crippen LogP contribution in [0.1, 0.15) is 37.7 Å². The largest absolute Gasteiger partial charge is 0.326 e. The Labute approximate surface area is 124 Å². The normalized spacial score (nSPS) is 15.3. The number of halogens is 1. The van der Waals surface area contributed by atoms with E-state index in [-0.39, 0.29) is 18.4 Å². The summed E-state index contributed by atoms with van der Waals surface area (Å²) in [5.41, 5.74) is 6.79. The van der Waals surface area contributed by atoms with Gasteiger partial charge in [-0.2, -0.15) is 0 Å². The minimum atomic E-state index is 0.102. The van der Waals surface area contributed by atoms with E-state index in [1.54, 1.807) is 18.2 Å². The number of anilines is 1. The van der Waals surface area contributed by atoms with Gasteiger partial charge in [0.2, 0.25) is 5.91 Å². The van der Waals surface area contributed by atoms with Gasteiger partial charge in [0.1, 0.15) is 0 Å². The van der Waals surface area contributed by atoms with Crippen LogP contribution in [0.5, 0.6) is 0 Å². The number of hydrogen-bond donors (Lipinski definition) is 2. The minimum absolute atomic E-state index is 0.102. The third-order valence-corrected chi connectivity index (χ3v) is 3.86. The number of rotatable bonds is 2. The second-order valence-corrected chi connectivity index (χ2v) is 5.43. The van der Waals surface area contributed by atoms with Crippen LogP contribution >= 0.6 is 11.6 Å². The molecule has 3 N–H and O–H groups in total. The van der Waals surface area contributed by atoms with Crippen LogP contribution in [0.15, 0.2) is 18.2 Å². The van der Waals surface area contributed by atoms with Crippen LogP contribution < -0.4 is 11.1 Å². The van der Waals surface area contributed by atoms with Crippen molar-refractivity contribution in [2.75, 3.05) is 11.9 Å². The molecule has 1 saturated carbocycles. The van der Waals surface area contributed by atoms with Crippen molar-refractivity contribution in [2.24, 2.45) is 11.7 Å². The monoisotopic (exact) mass is 290 g/mol. The van der Waals surface area contributed by atoms with E-state index >= 15 is 0 Å². The molecule has 106 valence electrons. The molecule has 0 bridgehead atoms. The zero-order valence-electron chi connectivity index (χ0n) is 11.4. The zero-order chi connectivity index (χ0) is 14.4. The van der Waals surface area contributed by atoms with Crippen LogP contribution in [0, 0.1) is 17.8 Å². The highest BCUT2D eigenvalue weighted by molar-refractivity contribution is 6.31. The summed E-state index contributed by atoms with van der Waals surface area (Å²) < 4.78 is 0. The van der Waals surface area contributed by atoms with Crippen molar-refractivity contribution in [3.05, 3.63) is 28.8 Å². The Morgan fingerprint density at radius 3 is 2.80 bits per heavy atom. The van der Waals surface area contributed by atoms with Gasteiger partial charge in [0, 0.05) is 17.2 Å². The molecular formula is C16H19ClN2O. The van der Waals surface area contributed by atoms with Crippen molar-refractivity contribution >= 4 is 23.2 Å². The first kappa shape index (κ1) is 14.9. The number of carbonyl (C=O) groups is 1. The van der Waals surface area contributed by atoms with Gasteiger partial charge in [-0.3, -0.25) is 4.79 Å². The zero-order valence-corrected chi connectivity index (χ0v) is 12.2. The molecule has 0 spiro atoms. The highest BCUT2D eigenvalue weighted by atomic mass is 35.5. The van der Waals surface area contributed by atoms with Crippen molar-refractivity contribution in [1.29, 1.82) is 0 Å². The maximum absolute atomic E-state index is 12.2. The van der Waals surface area contributed by atoms with E-state index in [1.807, 2.05) is 0 Å². The fourth-order valence-electron chi connectivity index (χ4n) is 2.45. The van der Waals surface area contributed by atoms with Gasteiger partial charge in [0.15, 0.2) is 0 Å². The van der Waals surface area contributed by atoms with Gasteiger partial charge >= 0.3 is 0 Å². The molecule has 1 aliphatic carbocycles. The fourth-order valence-corrected chi connectivity index (χ4v) is 2.62. The molecule has 4 heteroatoms. The summed E-state index contributed by atoms with van der Waals surface area (Å²) in [7, 11) is 0. The van der Waals surface area contributed by atoms with Gasteiger partial charge in [-0.15, -0.1) is 0 Å². The summed E-state index contributed by atoms with van der Waals surface area (Å²) in [6.45, 7) is 0.287. The van der Waals surface area contributed by atoms with Gasteiger partial charge in [0.05, 0.1) is 11.6 Å². The van der Waals surface area contributed by atoms with E-state index in [0.717, 1.165) is 31.4 Å². The second-order valence-electron chi connectivity index (χ2n) is 5.02. The lowest BCUT2D eigenvalue weighted by Crippen LogP contribution is -2.24. The molecule has 0 atom stereocenters. The number of nitrogens with one attached hydrogen (secondary N) is 1. The van der Waals surface area contributed by atoms with Crippen LogP contribution in [-0.2, 0) is 4.79 Å². The molecular weight excluding hydrogens is 272 g/mol. The van der Waals surface area contributed by atoms with Crippen molar-refractivity contribution in [2.45, 2.75) is 32.1 Å². The lowest BCUT2D eigenvalue weighted by molar-refractivity contribution is -0.120. The van der Waals surface area contributed by atoms with Crippen LogP contribution in [-0.4, -0.2) is 12.5 Å². The predicted octanol–water partition coefficient (Wildman–Crippen LogP) is 3.17. The molecule has 0 radical (unpaired) electrons. The number of nitrogens with two attached hydrogens (primary N) is 1. The van der Waals surface area contributed by atoms with Gasteiger partial charge in [0.25, 0.3) is 0 Å². The minimum Gasteiger partial charge on any atom is -0.326 e. The number of amides is 1. The predicted molar refractivity (Wildman–Crippen MR) is 82.6 cm³/mol. The lowest BCUT2D eigenvalue weighted by Gasteiger charge is -2.20. The Morgan fingerprint density at radius 2 is 2.10 bits per heavy atom. The van der Waals surface area contributed by atoms with E-state index in [2.05, 4.69) is 17.2 Å². The molecule has 0 aromatic heterocycles. The second kappa shape index (κ2) is 7.33. The van der Waals surface area contributed by atoms with Crippen LogP contribution in [0.3, 0.4) is 0 Å². The van der Waals surface area contributed by atoms with E-state index in [9.17, 15) is 4.79 Å². The average molecular weight is 291 g/mol. The van der Waals surface area contributed by atoms with Gasteiger partial charge in [-0.1, -0.05) is 42.7 Å².